The number of thiazole rings is 1. The highest BCUT2D eigenvalue weighted by atomic mass is 32.1. The van der Waals surface area contributed by atoms with Crippen molar-refractivity contribution in [2.24, 2.45) is 0 Å². The van der Waals surface area contributed by atoms with Gasteiger partial charge in [0.25, 0.3) is 5.91 Å². The Bertz CT molecular complexity index is 567. The lowest BCUT2D eigenvalue weighted by atomic mass is 10.1. The second-order valence-electron chi connectivity index (χ2n) is 4.28. The van der Waals surface area contributed by atoms with Gasteiger partial charge in [-0.15, -0.1) is 11.3 Å². The number of carbonyl (C=O) groups excluding carboxylic acids is 1. The first-order valence-corrected chi connectivity index (χ1v) is 7.00. The molecule has 2 rings (SSSR count). The third kappa shape index (κ3) is 2.93. The van der Waals surface area contributed by atoms with Crippen LogP contribution in [0.15, 0.2) is 29.8 Å². The molecule has 1 atom stereocenters. The minimum absolute atomic E-state index is 0.0361. The molecule has 2 aromatic rings. The molecular weight excluding hydrogens is 260 g/mol. The van der Waals surface area contributed by atoms with Crippen LogP contribution in [-0.4, -0.2) is 16.0 Å². The van der Waals surface area contributed by atoms with Crippen LogP contribution in [0.25, 0.3) is 0 Å². The molecule has 5 heteroatoms. The lowest BCUT2D eigenvalue weighted by Crippen LogP contribution is -2.28. The Kier molecular flexibility index (Phi) is 4.16. The predicted octanol–water partition coefficient (Wildman–Crippen LogP) is 3.04. The zero-order valence-electron chi connectivity index (χ0n) is 10.9. The number of aromatic hydroxyl groups is 1. The molecule has 0 bridgehead atoms. The van der Waals surface area contributed by atoms with Crippen molar-refractivity contribution in [3.8, 4) is 5.75 Å². The largest absolute Gasteiger partial charge is 0.507 e. The standard InChI is InChI=1S/C14H16N2O2S/c1-3-11(14-15-7-8-19-14)16-13(18)10-6-4-5-9(2)12(10)17/h4-8,11,17H,3H2,1-2H3,(H,16,18). The van der Waals surface area contributed by atoms with E-state index in [9.17, 15) is 9.90 Å². The van der Waals surface area contributed by atoms with Gasteiger partial charge >= 0.3 is 0 Å². The molecule has 100 valence electrons. The average Bonchev–Trinajstić information content (AvgIpc) is 2.92. The van der Waals surface area contributed by atoms with Gasteiger partial charge in [-0.3, -0.25) is 4.79 Å². The summed E-state index contributed by atoms with van der Waals surface area (Å²) >= 11 is 1.51. The van der Waals surface area contributed by atoms with E-state index in [1.54, 1.807) is 31.3 Å². The fourth-order valence-electron chi connectivity index (χ4n) is 1.82. The molecule has 1 heterocycles. The molecule has 0 radical (unpaired) electrons. The van der Waals surface area contributed by atoms with Crippen molar-refractivity contribution < 1.29 is 9.90 Å². The Morgan fingerprint density at radius 1 is 1.53 bits per heavy atom. The SMILES string of the molecule is CCC(NC(=O)c1cccc(C)c1O)c1nccs1. The van der Waals surface area contributed by atoms with E-state index in [0.717, 1.165) is 11.4 Å². The van der Waals surface area contributed by atoms with Crippen LogP contribution in [0, 0.1) is 6.92 Å². The third-order valence-corrected chi connectivity index (χ3v) is 3.83. The van der Waals surface area contributed by atoms with Crippen molar-refractivity contribution in [1.82, 2.24) is 10.3 Å². The van der Waals surface area contributed by atoms with Crippen LogP contribution >= 0.6 is 11.3 Å². The fourth-order valence-corrected chi connectivity index (χ4v) is 2.60. The number of carbonyl (C=O) groups is 1. The third-order valence-electron chi connectivity index (χ3n) is 2.95. The zero-order chi connectivity index (χ0) is 13.8. The summed E-state index contributed by atoms with van der Waals surface area (Å²) < 4.78 is 0. The van der Waals surface area contributed by atoms with Crippen LogP contribution in [0.4, 0.5) is 0 Å². The molecule has 0 aliphatic carbocycles. The highest BCUT2D eigenvalue weighted by Crippen LogP contribution is 2.24. The van der Waals surface area contributed by atoms with Crippen molar-refractivity contribution in [3.05, 3.63) is 45.9 Å². The summed E-state index contributed by atoms with van der Waals surface area (Å²) in [5.74, 6) is -0.239. The summed E-state index contributed by atoms with van der Waals surface area (Å²) in [6, 6.07) is 5.03. The molecule has 0 saturated heterocycles. The fraction of sp³-hybridized carbons (Fsp3) is 0.286. The van der Waals surface area contributed by atoms with Crippen LogP contribution in [0.3, 0.4) is 0 Å². The van der Waals surface area contributed by atoms with Crippen LogP contribution in [-0.2, 0) is 0 Å². The van der Waals surface area contributed by atoms with E-state index in [2.05, 4.69) is 10.3 Å². The Labute approximate surface area is 116 Å². The average molecular weight is 276 g/mol. The van der Waals surface area contributed by atoms with Gasteiger partial charge in [-0.2, -0.15) is 0 Å². The molecule has 1 unspecified atom stereocenters. The van der Waals surface area contributed by atoms with Crippen LogP contribution in [0.5, 0.6) is 5.75 Å². The molecule has 2 N–H and O–H groups in total. The number of hydrogen-bond donors (Lipinski definition) is 2. The molecule has 1 amide bonds. The topological polar surface area (TPSA) is 62.2 Å². The van der Waals surface area contributed by atoms with Crippen molar-refractivity contribution in [1.29, 1.82) is 0 Å². The van der Waals surface area contributed by atoms with Gasteiger partial charge in [-0.1, -0.05) is 19.1 Å². The van der Waals surface area contributed by atoms with Crippen molar-refractivity contribution in [2.75, 3.05) is 0 Å². The number of aromatic nitrogens is 1. The number of benzene rings is 1. The van der Waals surface area contributed by atoms with Crippen molar-refractivity contribution in [3.63, 3.8) is 0 Å². The second-order valence-corrected chi connectivity index (χ2v) is 5.20. The van der Waals surface area contributed by atoms with Gasteiger partial charge in [0.1, 0.15) is 10.8 Å². The number of amides is 1. The highest BCUT2D eigenvalue weighted by molar-refractivity contribution is 7.09. The summed E-state index contributed by atoms with van der Waals surface area (Å²) in [7, 11) is 0. The lowest BCUT2D eigenvalue weighted by Gasteiger charge is -2.15. The summed E-state index contributed by atoms with van der Waals surface area (Å²) in [5.41, 5.74) is 0.991. The monoisotopic (exact) mass is 276 g/mol. The normalized spacial score (nSPS) is 12.1. The molecule has 0 fully saturated rings. The summed E-state index contributed by atoms with van der Waals surface area (Å²) in [4.78, 5) is 16.4. The zero-order valence-corrected chi connectivity index (χ0v) is 11.7. The first-order valence-electron chi connectivity index (χ1n) is 6.12. The van der Waals surface area contributed by atoms with Gasteiger partial charge in [0.05, 0.1) is 11.6 Å². The number of nitrogens with one attached hydrogen (secondary N) is 1. The minimum atomic E-state index is -0.275. The minimum Gasteiger partial charge on any atom is -0.507 e. The van der Waals surface area contributed by atoms with E-state index in [0.29, 0.717) is 11.1 Å². The Hall–Kier alpha value is -1.88. The Morgan fingerprint density at radius 2 is 2.32 bits per heavy atom. The first-order chi connectivity index (χ1) is 9.13. The molecule has 0 aliphatic rings. The van der Waals surface area contributed by atoms with Gasteiger partial charge in [-0.25, -0.2) is 4.98 Å². The number of phenolic OH excluding ortho intramolecular Hbond substituents is 1. The number of hydrogen-bond acceptors (Lipinski definition) is 4. The van der Waals surface area contributed by atoms with E-state index < -0.39 is 0 Å². The molecule has 19 heavy (non-hydrogen) atoms. The number of para-hydroxylation sites is 1. The van der Waals surface area contributed by atoms with Gasteiger partial charge in [0.15, 0.2) is 0 Å². The van der Waals surface area contributed by atoms with E-state index in [4.69, 9.17) is 0 Å². The van der Waals surface area contributed by atoms with Crippen molar-refractivity contribution in [2.45, 2.75) is 26.3 Å². The Morgan fingerprint density at radius 3 is 2.95 bits per heavy atom. The quantitative estimate of drug-likeness (QED) is 0.902. The molecule has 0 aliphatic heterocycles. The summed E-state index contributed by atoms with van der Waals surface area (Å²) in [6.45, 7) is 3.76. The maximum Gasteiger partial charge on any atom is 0.255 e. The molecule has 0 spiro atoms. The van der Waals surface area contributed by atoms with E-state index in [1.807, 2.05) is 12.3 Å². The van der Waals surface area contributed by atoms with E-state index >= 15 is 0 Å². The molecule has 0 saturated carbocycles. The smallest absolute Gasteiger partial charge is 0.255 e. The van der Waals surface area contributed by atoms with Crippen LogP contribution in [0.1, 0.15) is 40.3 Å². The summed E-state index contributed by atoms with van der Waals surface area (Å²) in [5, 5.41) is 15.6. The number of nitrogens with zero attached hydrogens (tertiary/aromatic N) is 1. The van der Waals surface area contributed by atoms with Gasteiger partial charge < -0.3 is 10.4 Å². The van der Waals surface area contributed by atoms with Gasteiger partial charge in [-0.05, 0) is 25.0 Å². The number of aryl methyl sites for hydroxylation is 1. The maximum absolute atomic E-state index is 12.2. The molecule has 1 aromatic carbocycles. The van der Waals surface area contributed by atoms with Crippen LogP contribution in [0.2, 0.25) is 0 Å². The Balaban J connectivity index is 2.18. The van der Waals surface area contributed by atoms with Gasteiger partial charge in [0.2, 0.25) is 0 Å². The lowest BCUT2D eigenvalue weighted by molar-refractivity contribution is 0.0932. The molecular formula is C14H16N2O2S. The maximum atomic E-state index is 12.2. The number of phenols is 1. The van der Waals surface area contributed by atoms with Crippen LogP contribution < -0.4 is 5.32 Å². The molecule has 1 aromatic heterocycles. The second kappa shape index (κ2) is 5.84. The number of rotatable bonds is 4. The van der Waals surface area contributed by atoms with Gasteiger partial charge in [0, 0.05) is 11.6 Å². The van der Waals surface area contributed by atoms with E-state index in [1.165, 1.54) is 11.3 Å². The van der Waals surface area contributed by atoms with E-state index in [-0.39, 0.29) is 17.7 Å². The predicted molar refractivity (Wildman–Crippen MR) is 75.5 cm³/mol. The molecule has 4 nitrogen and oxygen atoms in total. The first kappa shape index (κ1) is 13.5. The van der Waals surface area contributed by atoms with Crippen molar-refractivity contribution >= 4 is 17.2 Å². The summed E-state index contributed by atoms with van der Waals surface area (Å²) in [6.07, 6.45) is 2.48. The highest BCUT2D eigenvalue weighted by Gasteiger charge is 2.18.